The number of carbonyl (C=O) groups excluding carboxylic acids is 1. The fourth-order valence-electron chi connectivity index (χ4n) is 2.04. The molecule has 0 saturated heterocycles. The summed E-state index contributed by atoms with van der Waals surface area (Å²) in [5.74, 6) is 1.23. The number of fused-ring (bicyclic) bond motifs is 1. The van der Waals surface area contributed by atoms with Crippen LogP contribution in [0.25, 0.3) is 0 Å². The third kappa shape index (κ3) is 2.86. The highest BCUT2D eigenvalue weighted by Crippen LogP contribution is 2.26. The summed E-state index contributed by atoms with van der Waals surface area (Å²) in [6.07, 6.45) is 2.37. The quantitative estimate of drug-likeness (QED) is 0.842. The Morgan fingerprint density at radius 3 is 3.12 bits per heavy atom. The Morgan fingerprint density at radius 1 is 1.53 bits per heavy atom. The van der Waals surface area contributed by atoms with Gasteiger partial charge in [-0.3, -0.25) is 4.79 Å². The van der Waals surface area contributed by atoms with Crippen LogP contribution in [0.5, 0.6) is 5.75 Å². The summed E-state index contributed by atoms with van der Waals surface area (Å²) in [5.41, 5.74) is 7.96. The van der Waals surface area contributed by atoms with Gasteiger partial charge in [0.2, 0.25) is 0 Å². The van der Waals surface area contributed by atoms with Gasteiger partial charge in [-0.2, -0.15) is 0 Å². The molecule has 0 bridgehead atoms. The number of aryl methyl sites for hydroxylation is 1. The topological polar surface area (TPSA) is 52.3 Å². The number of benzene rings is 1. The zero-order chi connectivity index (χ0) is 12.3. The van der Waals surface area contributed by atoms with Gasteiger partial charge in [-0.05, 0) is 23.6 Å². The molecule has 1 aromatic carbocycles. The second-order valence-electron chi connectivity index (χ2n) is 4.64. The van der Waals surface area contributed by atoms with E-state index in [2.05, 4.69) is 6.07 Å². The molecule has 2 N–H and O–H groups in total. The number of ether oxygens (including phenoxy) is 1. The first-order valence-corrected chi connectivity index (χ1v) is 6.18. The summed E-state index contributed by atoms with van der Waals surface area (Å²) in [5, 5.41) is 0. The minimum Gasteiger partial charge on any atom is -0.493 e. The van der Waals surface area contributed by atoms with E-state index in [1.54, 1.807) is 0 Å². The zero-order valence-corrected chi connectivity index (χ0v) is 10.2. The third-order valence-electron chi connectivity index (χ3n) is 3.32. The lowest BCUT2D eigenvalue weighted by Crippen LogP contribution is -2.20. The molecule has 0 amide bonds. The average Bonchev–Trinajstić information content (AvgIpc) is 2.82. The van der Waals surface area contributed by atoms with Crippen molar-refractivity contribution in [3.8, 4) is 5.75 Å². The molecule has 3 nitrogen and oxygen atoms in total. The highest BCUT2D eigenvalue weighted by atomic mass is 16.5. The summed E-state index contributed by atoms with van der Waals surface area (Å²) >= 11 is 0. The lowest BCUT2D eigenvalue weighted by Gasteiger charge is -2.07. The molecule has 0 spiro atoms. The molecule has 0 fully saturated rings. The van der Waals surface area contributed by atoms with Crippen LogP contribution in [0.3, 0.4) is 0 Å². The van der Waals surface area contributed by atoms with Gasteiger partial charge >= 0.3 is 0 Å². The Kier molecular flexibility index (Phi) is 3.79. The Bertz CT molecular complexity index is 415. The lowest BCUT2D eigenvalue weighted by atomic mass is 9.98. The second kappa shape index (κ2) is 5.32. The Morgan fingerprint density at radius 2 is 2.35 bits per heavy atom. The zero-order valence-electron chi connectivity index (χ0n) is 10.2. The summed E-state index contributed by atoms with van der Waals surface area (Å²) < 4.78 is 5.45. The van der Waals surface area contributed by atoms with Gasteiger partial charge in [0.1, 0.15) is 11.5 Å². The van der Waals surface area contributed by atoms with Crippen molar-refractivity contribution in [2.45, 2.75) is 26.2 Å². The molecule has 0 aromatic heterocycles. The van der Waals surface area contributed by atoms with Gasteiger partial charge in [-0.1, -0.05) is 19.1 Å². The summed E-state index contributed by atoms with van der Waals surface area (Å²) in [7, 11) is 0. The van der Waals surface area contributed by atoms with Gasteiger partial charge in [0, 0.05) is 25.3 Å². The second-order valence-corrected chi connectivity index (χ2v) is 4.64. The van der Waals surface area contributed by atoms with Crippen molar-refractivity contribution in [2.24, 2.45) is 11.7 Å². The van der Waals surface area contributed by atoms with Crippen LogP contribution in [0.1, 0.15) is 24.5 Å². The molecule has 1 aliphatic heterocycles. The van der Waals surface area contributed by atoms with Crippen LogP contribution in [0.4, 0.5) is 0 Å². The van der Waals surface area contributed by atoms with Crippen molar-refractivity contribution in [3.05, 3.63) is 29.3 Å². The molecule has 0 saturated carbocycles. The highest BCUT2D eigenvalue weighted by Gasteiger charge is 2.14. The summed E-state index contributed by atoms with van der Waals surface area (Å²) in [4.78, 5) is 11.7. The monoisotopic (exact) mass is 233 g/mol. The van der Waals surface area contributed by atoms with E-state index in [-0.39, 0.29) is 11.7 Å². The molecule has 1 aliphatic rings. The predicted octanol–water partition coefficient (Wildman–Crippen LogP) is 1.72. The molecule has 3 heteroatoms. The van der Waals surface area contributed by atoms with Crippen LogP contribution >= 0.6 is 0 Å². The van der Waals surface area contributed by atoms with Crippen LogP contribution in [-0.2, 0) is 17.6 Å². The maximum absolute atomic E-state index is 11.7. The summed E-state index contributed by atoms with van der Waals surface area (Å²) in [6.45, 7) is 3.11. The third-order valence-corrected chi connectivity index (χ3v) is 3.32. The van der Waals surface area contributed by atoms with E-state index in [0.717, 1.165) is 25.2 Å². The van der Waals surface area contributed by atoms with E-state index in [0.29, 0.717) is 13.0 Å². The Balaban J connectivity index is 1.93. The number of hydrogen-bond donors (Lipinski definition) is 1. The fraction of sp³-hybridized carbons (Fsp3) is 0.500. The van der Waals surface area contributed by atoms with E-state index in [9.17, 15) is 4.79 Å². The van der Waals surface area contributed by atoms with E-state index in [4.69, 9.17) is 10.5 Å². The normalized spacial score (nSPS) is 15.2. The molecule has 2 rings (SSSR count). The highest BCUT2D eigenvalue weighted by molar-refractivity contribution is 5.81. The number of Topliss-reactive ketones (excluding diaryl/α,β-unsaturated/α-hetero) is 1. The Labute approximate surface area is 102 Å². The van der Waals surface area contributed by atoms with E-state index >= 15 is 0 Å². The van der Waals surface area contributed by atoms with Gasteiger partial charge < -0.3 is 10.5 Å². The van der Waals surface area contributed by atoms with Gasteiger partial charge in [0.25, 0.3) is 0 Å². The van der Waals surface area contributed by atoms with Gasteiger partial charge in [0.15, 0.2) is 0 Å². The molecular weight excluding hydrogens is 214 g/mol. The molecule has 1 atom stereocenters. The number of rotatable bonds is 5. The van der Waals surface area contributed by atoms with Crippen molar-refractivity contribution < 1.29 is 9.53 Å². The largest absolute Gasteiger partial charge is 0.493 e. The first kappa shape index (κ1) is 12.1. The molecule has 0 aliphatic carbocycles. The molecule has 1 aromatic rings. The number of hydrogen-bond acceptors (Lipinski definition) is 3. The number of carbonyl (C=O) groups is 1. The smallest absolute Gasteiger partial charge is 0.137 e. The minimum absolute atomic E-state index is 0.0206. The van der Waals surface area contributed by atoms with Crippen molar-refractivity contribution >= 4 is 5.78 Å². The van der Waals surface area contributed by atoms with Gasteiger partial charge in [0.05, 0.1) is 6.61 Å². The van der Waals surface area contributed by atoms with Crippen LogP contribution in [0.2, 0.25) is 0 Å². The number of nitrogens with two attached hydrogens (primary N) is 1. The lowest BCUT2D eigenvalue weighted by molar-refractivity contribution is -0.122. The predicted molar refractivity (Wildman–Crippen MR) is 67.2 cm³/mol. The molecule has 1 unspecified atom stereocenters. The van der Waals surface area contributed by atoms with Crippen molar-refractivity contribution in [2.75, 3.05) is 13.2 Å². The van der Waals surface area contributed by atoms with Gasteiger partial charge in [-0.15, -0.1) is 0 Å². The van der Waals surface area contributed by atoms with Gasteiger partial charge in [-0.25, -0.2) is 0 Å². The molecule has 17 heavy (non-hydrogen) atoms. The van der Waals surface area contributed by atoms with Crippen molar-refractivity contribution in [1.82, 2.24) is 0 Å². The molecule has 0 radical (unpaired) electrons. The molecule has 1 heterocycles. The van der Waals surface area contributed by atoms with Crippen LogP contribution in [-0.4, -0.2) is 18.9 Å². The van der Waals surface area contributed by atoms with E-state index in [1.807, 2.05) is 19.1 Å². The van der Waals surface area contributed by atoms with E-state index in [1.165, 1.54) is 11.1 Å². The molecule has 92 valence electrons. The molecular formula is C14H19NO2. The average molecular weight is 233 g/mol. The number of ketones is 1. The maximum Gasteiger partial charge on any atom is 0.137 e. The van der Waals surface area contributed by atoms with Crippen molar-refractivity contribution in [1.29, 1.82) is 0 Å². The van der Waals surface area contributed by atoms with Crippen LogP contribution in [0, 0.1) is 5.92 Å². The SMILES string of the molecule is CC(CN)C(=O)CCc1ccc2c(c1)CCO2. The van der Waals surface area contributed by atoms with E-state index < -0.39 is 0 Å². The first-order chi connectivity index (χ1) is 8.20. The first-order valence-electron chi connectivity index (χ1n) is 6.18. The van der Waals surface area contributed by atoms with Crippen molar-refractivity contribution in [3.63, 3.8) is 0 Å². The Hall–Kier alpha value is -1.35. The summed E-state index contributed by atoms with van der Waals surface area (Å²) in [6, 6.07) is 6.21. The van der Waals surface area contributed by atoms with Crippen LogP contribution in [0.15, 0.2) is 18.2 Å². The minimum atomic E-state index is -0.0206. The maximum atomic E-state index is 11.7. The fourth-order valence-corrected chi connectivity index (χ4v) is 2.04. The van der Waals surface area contributed by atoms with Crippen LogP contribution < -0.4 is 10.5 Å². The standard InChI is InChI=1S/C14H19NO2/c1-10(9-15)13(16)4-2-11-3-5-14-12(8-11)6-7-17-14/h3,5,8,10H,2,4,6-7,9,15H2,1H3.